The third-order valence-corrected chi connectivity index (χ3v) is 2.97. The summed E-state index contributed by atoms with van der Waals surface area (Å²) in [6, 6.07) is 15.8. The first kappa shape index (κ1) is 13.3. The SMILES string of the molecule is C[C@@H](CC(=O)Nc1cccc(F)c1)c1ccccc1. The number of rotatable bonds is 4. The quantitative estimate of drug-likeness (QED) is 0.882. The lowest BCUT2D eigenvalue weighted by Crippen LogP contribution is -2.14. The number of amides is 1. The number of halogens is 1. The molecule has 0 aliphatic heterocycles. The molecule has 0 aromatic heterocycles. The lowest BCUT2D eigenvalue weighted by atomic mass is 9.97. The molecule has 2 aromatic carbocycles. The molecule has 0 saturated carbocycles. The number of benzene rings is 2. The summed E-state index contributed by atoms with van der Waals surface area (Å²) in [5.41, 5.74) is 1.61. The third kappa shape index (κ3) is 3.91. The highest BCUT2D eigenvalue weighted by Gasteiger charge is 2.11. The van der Waals surface area contributed by atoms with Gasteiger partial charge in [-0.25, -0.2) is 4.39 Å². The van der Waals surface area contributed by atoms with Crippen LogP contribution >= 0.6 is 0 Å². The van der Waals surface area contributed by atoms with E-state index in [-0.39, 0.29) is 17.6 Å². The number of hydrogen-bond donors (Lipinski definition) is 1. The van der Waals surface area contributed by atoms with Gasteiger partial charge in [0.1, 0.15) is 5.82 Å². The fourth-order valence-corrected chi connectivity index (χ4v) is 1.96. The zero-order valence-electron chi connectivity index (χ0n) is 10.8. The van der Waals surface area contributed by atoms with Crippen molar-refractivity contribution < 1.29 is 9.18 Å². The van der Waals surface area contributed by atoms with Gasteiger partial charge >= 0.3 is 0 Å². The van der Waals surface area contributed by atoms with Crippen molar-refractivity contribution in [1.29, 1.82) is 0 Å². The number of anilines is 1. The number of nitrogens with one attached hydrogen (secondary N) is 1. The molecule has 1 amide bonds. The first-order chi connectivity index (χ1) is 9.15. The Labute approximate surface area is 112 Å². The molecule has 0 bridgehead atoms. The van der Waals surface area contributed by atoms with Gasteiger partial charge in [0.25, 0.3) is 0 Å². The Hall–Kier alpha value is -2.16. The maximum Gasteiger partial charge on any atom is 0.224 e. The lowest BCUT2D eigenvalue weighted by molar-refractivity contribution is -0.116. The van der Waals surface area contributed by atoms with Crippen molar-refractivity contribution in [3.63, 3.8) is 0 Å². The molecule has 1 N–H and O–H groups in total. The molecule has 19 heavy (non-hydrogen) atoms. The number of carbonyl (C=O) groups excluding carboxylic acids is 1. The van der Waals surface area contributed by atoms with Crippen LogP contribution in [0.5, 0.6) is 0 Å². The minimum atomic E-state index is -0.353. The van der Waals surface area contributed by atoms with E-state index in [1.165, 1.54) is 12.1 Å². The fraction of sp³-hybridized carbons (Fsp3) is 0.188. The van der Waals surface area contributed by atoms with Gasteiger partial charge < -0.3 is 5.32 Å². The number of carbonyl (C=O) groups is 1. The summed E-state index contributed by atoms with van der Waals surface area (Å²) in [5.74, 6) is -0.328. The van der Waals surface area contributed by atoms with Crippen LogP contribution in [0.3, 0.4) is 0 Å². The van der Waals surface area contributed by atoms with E-state index in [9.17, 15) is 9.18 Å². The van der Waals surface area contributed by atoms with Gasteiger partial charge in [0.05, 0.1) is 0 Å². The summed E-state index contributed by atoms with van der Waals surface area (Å²) in [6.07, 6.45) is 0.376. The van der Waals surface area contributed by atoms with Crippen LogP contribution in [-0.4, -0.2) is 5.91 Å². The van der Waals surface area contributed by atoms with E-state index in [2.05, 4.69) is 5.32 Å². The van der Waals surface area contributed by atoms with Crippen molar-refractivity contribution in [3.8, 4) is 0 Å². The summed E-state index contributed by atoms with van der Waals surface area (Å²) in [4.78, 5) is 11.9. The summed E-state index contributed by atoms with van der Waals surface area (Å²) < 4.78 is 13.0. The smallest absolute Gasteiger partial charge is 0.224 e. The molecular formula is C16H16FNO. The van der Waals surface area contributed by atoms with Crippen molar-refractivity contribution in [3.05, 3.63) is 66.0 Å². The van der Waals surface area contributed by atoms with E-state index in [4.69, 9.17) is 0 Å². The molecule has 2 nitrogen and oxygen atoms in total. The molecule has 1 atom stereocenters. The van der Waals surface area contributed by atoms with E-state index in [1.54, 1.807) is 12.1 Å². The Bertz CT molecular complexity index is 554. The molecule has 2 rings (SSSR count). The normalized spacial score (nSPS) is 11.9. The van der Waals surface area contributed by atoms with Crippen LogP contribution in [0.15, 0.2) is 54.6 Å². The second-order valence-corrected chi connectivity index (χ2v) is 4.57. The van der Waals surface area contributed by atoms with Crippen molar-refractivity contribution in [1.82, 2.24) is 0 Å². The zero-order chi connectivity index (χ0) is 13.7. The van der Waals surface area contributed by atoms with E-state index in [1.807, 2.05) is 37.3 Å². The van der Waals surface area contributed by atoms with E-state index < -0.39 is 0 Å². The van der Waals surface area contributed by atoms with Gasteiger partial charge in [0.15, 0.2) is 0 Å². The summed E-state index contributed by atoms with van der Waals surface area (Å²) >= 11 is 0. The van der Waals surface area contributed by atoms with Crippen LogP contribution in [0, 0.1) is 5.82 Å². The molecule has 0 aliphatic rings. The maximum absolute atomic E-state index is 13.0. The standard InChI is InChI=1S/C16H16FNO/c1-12(13-6-3-2-4-7-13)10-16(19)18-15-9-5-8-14(17)11-15/h2-9,11-12H,10H2,1H3,(H,18,19)/t12-/m0/s1. The summed E-state index contributed by atoms with van der Waals surface area (Å²) in [7, 11) is 0. The fourth-order valence-electron chi connectivity index (χ4n) is 1.96. The highest BCUT2D eigenvalue weighted by atomic mass is 19.1. The molecule has 0 spiro atoms. The predicted octanol–water partition coefficient (Wildman–Crippen LogP) is 3.96. The van der Waals surface area contributed by atoms with Crippen LogP contribution < -0.4 is 5.32 Å². The molecule has 0 heterocycles. The van der Waals surface area contributed by atoms with Crippen LogP contribution in [0.1, 0.15) is 24.8 Å². The van der Waals surface area contributed by atoms with Gasteiger partial charge in [0.2, 0.25) is 5.91 Å². The molecule has 0 radical (unpaired) electrons. The zero-order valence-corrected chi connectivity index (χ0v) is 10.8. The monoisotopic (exact) mass is 257 g/mol. The van der Waals surface area contributed by atoms with E-state index in [0.717, 1.165) is 5.56 Å². The second kappa shape index (κ2) is 6.14. The minimum absolute atomic E-state index is 0.109. The highest BCUT2D eigenvalue weighted by Crippen LogP contribution is 2.19. The Morgan fingerprint density at radius 1 is 1.16 bits per heavy atom. The lowest BCUT2D eigenvalue weighted by Gasteiger charge is -2.12. The molecule has 0 aliphatic carbocycles. The first-order valence-corrected chi connectivity index (χ1v) is 6.25. The van der Waals surface area contributed by atoms with Crippen LogP contribution in [0.2, 0.25) is 0 Å². The van der Waals surface area contributed by atoms with E-state index >= 15 is 0 Å². The topological polar surface area (TPSA) is 29.1 Å². The Morgan fingerprint density at radius 3 is 2.58 bits per heavy atom. The second-order valence-electron chi connectivity index (χ2n) is 4.57. The molecule has 2 aromatic rings. The van der Waals surface area contributed by atoms with Crippen molar-refractivity contribution in [2.45, 2.75) is 19.3 Å². The van der Waals surface area contributed by atoms with Gasteiger partial charge in [0, 0.05) is 12.1 Å². The van der Waals surface area contributed by atoms with Gasteiger partial charge in [-0.05, 0) is 29.7 Å². The Balaban J connectivity index is 1.95. The van der Waals surface area contributed by atoms with Crippen molar-refractivity contribution in [2.75, 3.05) is 5.32 Å². The molecule has 0 unspecified atom stereocenters. The van der Waals surface area contributed by atoms with E-state index in [0.29, 0.717) is 12.1 Å². The predicted molar refractivity (Wildman–Crippen MR) is 74.5 cm³/mol. The molecule has 0 saturated heterocycles. The maximum atomic E-state index is 13.0. The van der Waals surface area contributed by atoms with Gasteiger partial charge in [-0.1, -0.05) is 43.3 Å². The Kier molecular flexibility index (Phi) is 4.29. The molecule has 98 valence electrons. The number of hydrogen-bond acceptors (Lipinski definition) is 1. The summed E-state index contributed by atoms with van der Waals surface area (Å²) in [6.45, 7) is 2.00. The third-order valence-electron chi connectivity index (χ3n) is 2.97. The molecule has 3 heteroatoms. The van der Waals surface area contributed by atoms with Gasteiger partial charge in [-0.2, -0.15) is 0 Å². The van der Waals surface area contributed by atoms with Crippen LogP contribution in [0.25, 0.3) is 0 Å². The highest BCUT2D eigenvalue weighted by molar-refractivity contribution is 5.91. The average molecular weight is 257 g/mol. The minimum Gasteiger partial charge on any atom is -0.326 e. The van der Waals surface area contributed by atoms with Crippen LogP contribution in [-0.2, 0) is 4.79 Å². The Morgan fingerprint density at radius 2 is 1.89 bits per heavy atom. The van der Waals surface area contributed by atoms with Gasteiger partial charge in [-0.3, -0.25) is 4.79 Å². The summed E-state index contributed by atoms with van der Waals surface area (Å²) in [5, 5.41) is 2.70. The molecular weight excluding hydrogens is 241 g/mol. The van der Waals surface area contributed by atoms with Gasteiger partial charge in [-0.15, -0.1) is 0 Å². The van der Waals surface area contributed by atoms with Crippen LogP contribution in [0.4, 0.5) is 10.1 Å². The molecule has 0 fully saturated rings. The van der Waals surface area contributed by atoms with Crippen molar-refractivity contribution in [2.24, 2.45) is 0 Å². The largest absolute Gasteiger partial charge is 0.326 e. The van der Waals surface area contributed by atoms with Crippen molar-refractivity contribution >= 4 is 11.6 Å². The average Bonchev–Trinajstić information content (AvgIpc) is 2.39. The first-order valence-electron chi connectivity index (χ1n) is 6.25.